The SMILES string of the molecule is Cc1ccc(C(=O)Nc2ccc(S(=O)(=O)Nc3ncccn3)cc2)cc1S(=O)(=O)N1CCCCC1. The molecule has 2 heterocycles. The van der Waals surface area contributed by atoms with Crippen molar-refractivity contribution in [3.63, 3.8) is 0 Å². The van der Waals surface area contributed by atoms with Crippen molar-refractivity contribution in [2.24, 2.45) is 0 Å². The van der Waals surface area contributed by atoms with Gasteiger partial charge in [0.1, 0.15) is 0 Å². The summed E-state index contributed by atoms with van der Waals surface area (Å²) in [5.74, 6) is -0.564. The van der Waals surface area contributed by atoms with Gasteiger partial charge in [0.15, 0.2) is 0 Å². The highest BCUT2D eigenvalue weighted by Gasteiger charge is 2.28. The van der Waals surface area contributed by atoms with Crippen LogP contribution in [0.2, 0.25) is 0 Å². The van der Waals surface area contributed by atoms with E-state index >= 15 is 0 Å². The van der Waals surface area contributed by atoms with E-state index in [9.17, 15) is 21.6 Å². The maximum Gasteiger partial charge on any atom is 0.264 e. The third-order valence-corrected chi connectivity index (χ3v) is 8.98. The molecule has 0 saturated carbocycles. The quantitative estimate of drug-likeness (QED) is 0.493. The monoisotopic (exact) mass is 515 g/mol. The second kappa shape index (κ2) is 10.1. The lowest BCUT2D eigenvalue weighted by atomic mass is 10.1. The van der Waals surface area contributed by atoms with Gasteiger partial charge in [0.05, 0.1) is 9.79 Å². The molecule has 1 aliphatic rings. The van der Waals surface area contributed by atoms with Crippen molar-refractivity contribution in [1.29, 1.82) is 0 Å². The van der Waals surface area contributed by atoms with E-state index in [0.29, 0.717) is 24.3 Å². The number of sulfonamides is 2. The van der Waals surface area contributed by atoms with Gasteiger partial charge < -0.3 is 5.32 Å². The average molecular weight is 516 g/mol. The lowest BCUT2D eigenvalue weighted by Crippen LogP contribution is -2.36. The van der Waals surface area contributed by atoms with Crippen LogP contribution in [0.3, 0.4) is 0 Å². The second-order valence-electron chi connectivity index (χ2n) is 8.10. The van der Waals surface area contributed by atoms with Crippen molar-refractivity contribution < 1.29 is 21.6 Å². The number of carbonyl (C=O) groups excluding carboxylic acids is 1. The number of anilines is 2. The molecule has 12 heteroatoms. The van der Waals surface area contributed by atoms with E-state index in [1.54, 1.807) is 25.1 Å². The Morgan fingerprint density at radius 3 is 2.23 bits per heavy atom. The lowest BCUT2D eigenvalue weighted by molar-refractivity contribution is 0.102. The van der Waals surface area contributed by atoms with Crippen molar-refractivity contribution in [2.45, 2.75) is 36.0 Å². The summed E-state index contributed by atoms with van der Waals surface area (Å²) in [5, 5.41) is 2.68. The zero-order chi connectivity index (χ0) is 25.1. The highest BCUT2D eigenvalue weighted by atomic mass is 32.2. The summed E-state index contributed by atoms with van der Waals surface area (Å²) in [6, 6.07) is 11.7. The van der Waals surface area contributed by atoms with E-state index in [2.05, 4.69) is 20.0 Å². The number of hydrogen-bond donors (Lipinski definition) is 2. The van der Waals surface area contributed by atoms with Crippen LogP contribution in [0.25, 0.3) is 0 Å². The molecule has 1 amide bonds. The Bertz CT molecular complexity index is 1420. The molecular formula is C23H25N5O5S2. The number of nitrogens with one attached hydrogen (secondary N) is 2. The Kier molecular flexibility index (Phi) is 7.15. The van der Waals surface area contributed by atoms with Crippen LogP contribution in [0, 0.1) is 6.92 Å². The van der Waals surface area contributed by atoms with Gasteiger partial charge in [-0.15, -0.1) is 0 Å². The summed E-state index contributed by atoms with van der Waals surface area (Å²) in [6.07, 6.45) is 5.47. The number of rotatable bonds is 7. The molecule has 3 aromatic rings. The van der Waals surface area contributed by atoms with Crippen LogP contribution in [0.1, 0.15) is 35.2 Å². The number of hydrogen-bond acceptors (Lipinski definition) is 7. The highest BCUT2D eigenvalue weighted by molar-refractivity contribution is 7.92. The van der Waals surface area contributed by atoms with Crippen LogP contribution >= 0.6 is 0 Å². The van der Waals surface area contributed by atoms with Crippen LogP contribution in [0.4, 0.5) is 11.6 Å². The summed E-state index contributed by atoms with van der Waals surface area (Å²) in [4.78, 5) is 20.6. The summed E-state index contributed by atoms with van der Waals surface area (Å²) in [7, 11) is -7.61. The van der Waals surface area contributed by atoms with Crippen LogP contribution in [-0.2, 0) is 20.0 Å². The normalized spacial score (nSPS) is 14.9. The van der Waals surface area contributed by atoms with Crippen LogP contribution in [0.15, 0.2) is 70.7 Å². The number of aryl methyl sites for hydroxylation is 1. The molecule has 10 nitrogen and oxygen atoms in total. The number of nitrogens with zero attached hydrogens (tertiary/aromatic N) is 3. The minimum Gasteiger partial charge on any atom is -0.322 e. The first-order valence-corrected chi connectivity index (χ1v) is 13.9. The van der Waals surface area contributed by atoms with Gasteiger partial charge in [-0.3, -0.25) is 4.79 Å². The first kappa shape index (κ1) is 24.8. The Morgan fingerprint density at radius 2 is 1.57 bits per heavy atom. The first-order chi connectivity index (χ1) is 16.7. The average Bonchev–Trinajstić information content (AvgIpc) is 2.85. The molecule has 0 radical (unpaired) electrons. The molecular weight excluding hydrogens is 490 g/mol. The fourth-order valence-corrected chi connectivity index (χ4v) is 6.44. The Labute approximate surface area is 204 Å². The van der Waals surface area contributed by atoms with Crippen molar-refractivity contribution in [3.8, 4) is 0 Å². The number of carbonyl (C=O) groups is 1. The minimum atomic E-state index is -3.91. The van der Waals surface area contributed by atoms with Crippen LogP contribution < -0.4 is 10.0 Å². The van der Waals surface area contributed by atoms with Crippen LogP contribution in [-0.4, -0.2) is 50.1 Å². The third-order valence-electron chi connectivity index (χ3n) is 5.60. The molecule has 0 atom stereocenters. The maximum atomic E-state index is 13.1. The lowest BCUT2D eigenvalue weighted by Gasteiger charge is -2.26. The number of benzene rings is 2. The molecule has 1 aromatic heterocycles. The molecule has 1 fully saturated rings. The molecule has 0 unspecified atom stereocenters. The Hall–Kier alpha value is -3.35. The zero-order valence-electron chi connectivity index (χ0n) is 19.0. The van der Waals surface area contributed by atoms with Gasteiger partial charge in [-0.25, -0.2) is 31.5 Å². The molecule has 2 N–H and O–H groups in total. The molecule has 2 aromatic carbocycles. The van der Waals surface area contributed by atoms with Gasteiger partial charge in [0.2, 0.25) is 16.0 Å². The number of aromatic nitrogens is 2. The van der Waals surface area contributed by atoms with Gasteiger partial charge in [-0.1, -0.05) is 12.5 Å². The standard InChI is InChI=1S/C23H25N5O5S2/c1-17-6-7-18(16-21(17)35(32,33)28-14-3-2-4-15-28)22(29)26-19-8-10-20(11-9-19)34(30,31)27-23-24-12-5-13-25-23/h5-13,16H,2-4,14-15H2,1H3,(H,26,29)(H,24,25,27). The van der Waals surface area contributed by atoms with E-state index < -0.39 is 26.0 Å². The Morgan fingerprint density at radius 1 is 0.914 bits per heavy atom. The van der Waals surface area contributed by atoms with Gasteiger partial charge in [0, 0.05) is 36.7 Å². The fourth-order valence-electron chi connectivity index (χ4n) is 3.72. The molecule has 4 rings (SSSR count). The maximum absolute atomic E-state index is 13.1. The molecule has 0 spiro atoms. The Balaban J connectivity index is 1.50. The highest BCUT2D eigenvalue weighted by Crippen LogP contribution is 2.25. The van der Waals surface area contributed by atoms with Crippen molar-refractivity contribution >= 4 is 37.6 Å². The van der Waals surface area contributed by atoms with Gasteiger partial charge in [-0.05, 0) is 67.8 Å². The fraction of sp³-hybridized carbons (Fsp3) is 0.261. The van der Waals surface area contributed by atoms with Gasteiger partial charge >= 0.3 is 0 Å². The van der Waals surface area contributed by atoms with Crippen LogP contribution in [0.5, 0.6) is 0 Å². The van der Waals surface area contributed by atoms with Crippen molar-refractivity contribution in [1.82, 2.24) is 14.3 Å². The minimum absolute atomic E-state index is 0.0341. The predicted octanol–water partition coefficient (Wildman–Crippen LogP) is 3.01. The van der Waals surface area contributed by atoms with Gasteiger partial charge in [-0.2, -0.15) is 4.31 Å². The van der Waals surface area contributed by atoms with Crippen molar-refractivity contribution in [2.75, 3.05) is 23.1 Å². The second-order valence-corrected chi connectivity index (χ2v) is 11.7. The topological polar surface area (TPSA) is 138 Å². The molecule has 35 heavy (non-hydrogen) atoms. The molecule has 184 valence electrons. The largest absolute Gasteiger partial charge is 0.322 e. The molecule has 1 aliphatic heterocycles. The van der Waals surface area contributed by atoms with E-state index in [4.69, 9.17) is 0 Å². The molecule has 0 bridgehead atoms. The molecule has 0 aliphatic carbocycles. The van der Waals surface area contributed by atoms with E-state index in [1.165, 1.54) is 47.0 Å². The number of amides is 1. The van der Waals surface area contributed by atoms with Gasteiger partial charge in [0.25, 0.3) is 15.9 Å². The van der Waals surface area contributed by atoms with E-state index in [1.807, 2.05) is 0 Å². The number of piperidine rings is 1. The smallest absolute Gasteiger partial charge is 0.264 e. The predicted molar refractivity (Wildman–Crippen MR) is 131 cm³/mol. The molecule has 1 saturated heterocycles. The van der Waals surface area contributed by atoms with E-state index in [-0.39, 0.29) is 21.3 Å². The van der Waals surface area contributed by atoms with Crippen molar-refractivity contribution in [3.05, 3.63) is 72.1 Å². The third kappa shape index (κ3) is 5.66. The summed E-state index contributed by atoms with van der Waals surface area (Å²) >= 11 is 0. The summed E-state index contributed by atoms with van der Waals surface area (Å²) < 4.78 is 55.0. The zero-order valence-corrected chi connectivity index (χ0v) is 20.6. The summed E-state index contributed by atoms with van der Waals surface area (Å²) in [6.45, 7) is 2.64. The van der Waals surface area contributed by atoms with E-state index in [0.717, 1.165) is 19.3 Å². The first-order valence-electron chi connectivity index (χ1n) is 11.0. The summed E-state index contributed by atoms with van der Waals surface area (Å²) in [5.41, 5.74) is 1.10.